The molecule has 0 unspecified atom stereocenters. The molecular formula is C18H19N3O4S. The lowest BCUT2D eigenvalue weighted by molar-refractivity contribution is -0.385. The summed E-state index contributed by atoms with van der Waals surface area (Å²) in [7, 11) is 0. The molecule has 8 heteroatoms. The van der Waals surface area contributed by atoms with E-state index in [0.717, 1.165) is 0 Å². The lowest BCUT2D eigenvalue weighted by Gasteiger charge is -2.15. The molecule has 0 aliphatic heterocycles. The highest BCUT2D eigenvalue weighted by Gasteiger charge is 2.20. The monoisotopic (exact) mass is 373 g/mol. The fraction of sp³-hybridized carbons (Fsp3) is 0.222. The number of rotatable bonds is 6. The van der Waals surface area contributed by atoms with Crippen LogP contribution < -0.4 is 15.4 Å². The van der Waals surface area contributed by atoms with Gasteiger partial charge in [-0.05, 0) is 36.3 Å². The average molecular weight is 373 g/mol. The summed E-state index contributed by atoms with van der Waals surface area (Å²) in [5.74, 6) is 0.298. The van der Waals surface area contributed by atoms with Crippen molar-refractivity contribution in [2.45, 2.75) is 13.8 Å². The number of hydrogen-bond donors (Lipinski definition) is 2. The van der Waals surface area contributed by atoms with Crippen LogP contribution in [-0.4, -0.2) is 22.5 Å². The highest BCUT2D eigenvalue weighted by molar-refractivity contribution is 7.80. The maximum absolute atomic E-state index is 12.3. The molecule has 0 radical (unpaired) electrons. The molecule has 0 fully saturated rings. The third-order valence-electron chi connectivity index (χ3n) is 3.28. The molecular weight excluding hydrogens is 354 g/mol. The minimum absolute atomic E-state index is 0.0220. The summed E-state index contributed by atoms with van der Waals surface area (Å²) >= 11 is 5.15. The number of thiocarbonyl (C=S) groups is 1. The van der Waals surface area contributed by atoms with E-state index in [1.54, 1.807) is 24.3 Å². The van der Waals surface area contributed by atoms with Crippen molar-refractivity contribution in [1.82, 2.24) is 5.32 Å². The molecule has 0 aliphatic carbocycles. The maximum atomic E-state index is 12.3. The lowest BCUT2D eigenvalue weighted by Crippen LogP contribution is -2.34. The van der Waals surface area contributed by atoms with E-state index in [1.807, 2.05) is 19.9 Å². The Hall–Kier alpha value is -3.00. The van der Waals surface area contributed by atoms with Gasteiger partial charge in [-0.25, -0.2) is 0 Å². The first-order valence-corrected chi connectivity index (χ1v) is 8.37. The van der Waals surface area contributed by atoms with Crippen molar-refractivity contribution in [3.63, 3.8) is 0 Å². The molecule has 2 aromatic rings. The molecule has 26 heavy (non-hydrogen) atoms. The van der Waals surface area contributed by atoms with Gasteiger partial charge in [0.25, 0.3) is 11.6 Å². The Morgan fingerprint density at radius 2 is 1.85 bits per heavy atom. The molecule has 0 heterocycles. The predicted molar refractivity (Wildman–Crippen MR) is 104 cm³/mol. The van der Waals surface area contributed by atoms with Crippen molar-refractivity contribution in [3.05, 3.63) is 64.2 Å². The summed E-state index contributed by atoms with van der Waals surface area (Å²) in [6, 6.07) is 12.9. The number of ether oxygens (including phenoxy) is 1. The Kier molecular flexibility index (Phi) is 6.62. The SMILES string of the molecule is CC(C)COc1ccccc1NC(=S)NC(=O)c1ccccc1[N+](=O)[O-]. The van der Waals surface area contributed by atoms with Gasteiger partial charge in [-0.1, -0.05) is 38.1 Å². The predicted octanol–water partition coefficient (Wildman–Crippen LogP) is 3.76. The Morgan fingerprint density at radius 1 is 1.19 bits per heavy atom. The van der Waals surface area contributed by atoms with E-state index in [0.29, 0.717) is 24.0 Å². The first-order chi connectivity index (χ1) is 12.4. The maximum Gasteiger partial charge on any atom is 0.282 e. The van der Waals surface area contributed by atoms with Crippen molar-refractivity contribution >= 4 is 34.6 Å². The van der Waals surface area contributed by atoms with Gasteiger partial charge in [0.05, 0.1) is 17.2 Å². The first kappa shape index (κ1) is 19.3. The zero-order valence-corrected chi connectivity index (χ0v) is 15.2. The van der Waals surface area contributed by atoms with Crippen molar-refractivity contribution in [1.29, 1.82) is 0 Å². The Balaban J connectivity index is 2.08. The van der Waals surface area contributed by atoms with E-state index in [9.17, 15) is 14.9 Å². The summed E-state index contributed by atoms with van der Waals surface area (Å²) in [6.07, 6.45) is 0. The standard InChI is InChI=1S/C18H19N3O4S/c1-12(2)11-25-16-10-6-4-8-14(16)19-18(26)20-17(22)13-7-3-5-9-15(13)21(23)24/h3-10,12H,11H2,1-2H3,(H2,19,20,22,26). The van der Waals surface area contributed by atoms with Crippen molar-refractivity contribution in [2.75, 3.05) is 11.9 Å². The molecule has 2 rings (SSSR count). The van der Waals surface area contributed by atoms with Crippen LogP contribution in [0.4, 0.5) is 11.4 Å². The minimum Gasteiger partial charge on any atom is -0.491 e. The van der Waals surface area contributed by atoms with E-state index >= 15 is 0 Å². The molecule has 0 aliphatic rings. The number of nitro benzene ring substituents is 1. The van der Waals surface area contributed by atoms with Crippen LogP contribution in [0.15, 0.2) is 48.5 Å². The number of para-hydroxylation sites is 3. The van der Waals surface area contributed by atoms with E-state index in [4.69, 9.17) is 17.0 Å². The number of carbonyl (C=O) groups excluding carboxylic acids is 1. The second kappa shape index (κ2) is 8.91. The van der Waals surface area contributed by atoms with Gasteiger partial charge in [-0.2, -0.15) is 0 Å². The van der Waals surface area contributed by atoms with Gasteiger partial charge in [0.2, 0.25) is 0 Å². The first-order valence-electron chi connectivity index (χ1n) is 7.96. The number of amides is 1. The Labute approximate surface area is 156 Å². The molecule has 0 saturated heterocycles. The van der Waals surface area contributed by atoms with Gasteiger partial charge >= 0.3 is 0 Å². The van der Waals surface area contributed by atoms with E-state index < -0.39 is 10.8 Å². The van der Waals surface area contributed by atoms with Gasteiger partial charge in [0, 0.05) is 6.07 Å². The fourth-order valence-electron chi connectivity index (χ4n) is 2.10. The molecule has 0 aromatic heterocycles. The lowest BCUT2D eigenvalue weighted by atomic mass is 10.1. The smallest absolute Gasteiger partial charge is 0.282 e. The van der Waals surface area contributed by atoms with E-state index in [2.05, 4.69) is 10.6 Å². The number of carbonyl (C=O) groups is 1. The summed E-state index contributed by atoms with van der Waals surface area (Å²) < 4.78 is 5.72. The second-order valence-corrected chi connectivity index (χ2v) is 6.29. The normalized spacial score (nSPS) is 10.3. The summed E-state index contributed by atoms with van der Waals surface area (Å²) in [5, 5.41) is 16.4. The van der Waals surface area contributed by atoms with Crippen LogP contribution in [0.1, 0.15) is 24.2 Å². The van der Waals surface area contributed by atoms with Crippen LogP contribution in [0.25, 0.3) is 0 Å². The van der Waals surface area contributed by atoms with Crippen molar-refractivity contribution < 1.29 is 14.5 Å². The minimum atomic E-state index is -0.657. The van der Waals surface area contributed by atoms with E-state index in [-0.39, 0.29) is 16.4 Å². The molecule has 2 aromatic carbocycles. The quantitative estimate of drug-likeness (QED) is 0.455. The number of nitro groups is 1. The molecule has 2 N–H and O–H groups in total. The zero-order chi connectivity index (χ0) is 19.1. The fourth-order valence-corrected chi connectivity index (χ4v) is 2.30. The number of nitrogens with zero attached hydrogens (tertiary/aromatic N) is 1. The third-order valence-corrected chi connectivity index (χ3v) is 3.48. The molecule has 1 amide bonds. The highest BCUT2D eigenvalue weighted by Crippen LogP contribution is 2.24. The van der Waals surface area contributed by atoms with Crippen LogP contribution in [0, 0.1) is 16.0 Å². The molecule has 0 atom stereocenters. The highest BCUT2D eigenvalue weighted by atomic mass is 32.1. The van der Waals surface area contributed by atoms with Crippen molar-refractivity contribution in [3.8, 4) is 5.75 Å². The second-order valence-electron chi connectivity index (χ2n) is 5.88. The number of hydrogen-bond acceptors (Lipinski definition) is 5. The summed E-state index contributed by atoms with van der Waals surface area (Å²) in [4.78, 5) is 22.7. The Bertz CT molecular complexity index is 824. The molecule has 0 bridgehead atoms. The largest absolute Gasteiger partial charge is 0.491 e. The number of anilines is 1. The number of benzene rings is 2. The van der Waals surface area contributed by atoms with Gasteiger partial charge < -0.3 is 10.1 Å². The molecule has 0 spiro atoms. The summed E-state index contributed by atoms with van der Waals surface area (Å²) in [6.45, 7) is 4.61. The van der Waals surface area contributed by atoms with Crippen LogP contribution in [0.3, 0.4) is 0 Å². The molecule has 7 nitrogen and oxygen atoms in total. The Morgan fingerprint density at radius 3 is 2.54 bits per heavy atom. The van der Waals surface area contributed by atoms with Crippen LogP contribution in [-0.2, 0) is 0 Å². The van der Waals surface area contributed by atoms with Gasteiger partial charge in [0.15, 0.2) is 5.11 Å². The van der Waals surface area contributed by atoms with Gasteiger partial charge in [-0.15, -0.1) is 0 Å². The molecule has 136 valence electrons. The van der Waals surface area contributed by atoms with E-state index in [1.165, 1.54) is 18.2 Å². The summed E-state index contributed by atoms with van der Waals surface area (Å²) in [5.41, 5.74) is 0.250. The topological polar surface area (TPSA) is 93.5 Å². The van der Waals surface area contributed by atoms with Crippen molar-refractivity contribution in [2.24, 2.45) is 5.92 Å². The van der Waals surface area contributed by atoms with Crippen LogP contribution >= 0.6 is 12.2 Å². The molecule has 0 saturated carbocycles. The van der Waals surface area contributed by atoms with Gasteiger partial charge in [0.1, 0.15) is 11.3 Å². The van der Waals surface area contributed by atoms with Crippen LogP contribution in [0.5, 0.6) is 5.75 Å². The average Bonchev–Trinajstić information content (AvgIpc) is 2.60. The third kappa shape index (κ3) is 5.25. The zero-order valence-electron chi connectivity index (χ0n) is 14.4. The van der Waals surface area contributed by atoms with Gasteiger partial charge in [-0.3, -0.25) is 20.2 Å². The van der Waals surface area contributed by atoms with Crippen LogP contribution in [0.2, 0.25) is 0 Å². The number of nitrogens with one attached hydrogen (secondary N) is 2.